The number of aryl methyl sites for hydroxylation is 1. The number of benzene rings is 2. The van der Waals surface area contributed by atoms with Crippen LogP contribution in [0.5, 0.6) is 0 Å². The average Bonchev–Trinajstić information content (AvgIpc) is 3.13. The lowest BCUT2D eigenvalue weighted by molar-refractivity contribution is -0.116. The standard InChI is InChI=1S/C19H18ClN3O4S2/c1-28-15-4-2-3-14(11-15)21-18(24)9-10-19-22-17(23-27-19)12-29(25,26)16-7-5-13(20)6-8-16/h2-8,11H,9-10,12H2,1H3,(H,21,24). The number of hydrogen-bond donors (Lipinski definition) is 1. The number of hydrogen-bond acceptors (Lipinski definition) is 7. The maximum absolute atomic E-state index is 12.4. The molecular weight excluding hydrogens is 434 g/mol. The summed E-state index contributed by atoms with van der Waals surface area (Å²) < 4.78 is 29.9. The minimum atomic E-state index is -3.62. The van der Waals surface area contributed by atoms with Gasteiger partial charge in [-0.15, -0.1) is 11.8 Å². The lowest BCUT2D eigenvalue weighted by atomic mass is 10.2. The highest BCUT2D eigenvalue weighted by Gasteiger charge is 2.19. The van der Waals surface area contributed by atoms with E-state index in [2.05, 4.69) is 15.5 Å². The van der Waals surface area contributed by atoms with Gasteiger partial charge in [-0.25, -0.2) is 8.42 Å². The first-order valence-electron chi connectivity index (χ1n) is 8.59. The van der Waals surface area contributed by atoms with E-state index in [0.29, 0.717) is 10.7 Å². The lowest BCUT2D eigenvalue weighted by Crippen LogP contribution is -2.12. The number of aromatic nitrogens is 2. The van der Waals surface area contributed by atoms with E-state index >= 15 is 0 Å². The van der Waals surface area contributed by atoms with Crippen LogP contribution in [-0.4, -0.2) is 30.7 Å². The zero-order valence-electron chi connectivity index (χ0n) is 15.5. The van der Waals surface area contributed by atoms with Crippen molar-refractivity contribution in [3.63, 3.8) is 0 Å². The Morgan fingerprint density at radius 2 is 1.97 bits per heavy atom. The molecule has 3 rings (SSSR count). The van der Waals surface area contributed by atoms with Crippen molar-refractivity contribution in [2.45, 2.75) is 28.4 Å². The van der Waals surface area contributed by atoms with E-state index in [-0.39, 0.29) is 35.4 Å². The van der Waals surface area contributed by atoms with Crippen LogP contribution in [0.25, 0.3) is 0 Å². The van der Waals surface area contributed by atoms with Crippen LogP contribution in [0.4, 0.5) is 5.69 Å². The molecule has 0 spiro atoms. The number of anilines is 1. The van der Waals surface area contributed by atoms with Crippen molar-refractivity contribution in [1.29, 1.82) is 0 Å². The molecule has 0 unspecified atom stereocenters. The van der Waals surface area contributed by atoms with Crippen LogP contribution < -0.4 is 5.32 Å². The number of halogens is 1. The minimum Gasteiger partial charge on any atom is -0.339 e. The number of rotatable bonds is 8. The second-order valence-corrected chi connectivity index (χ2v) is 9.40. The van der Waals surface area contributed by atoms with Crippen LogP contribution in [0.3, 0.4) is 0 Å². The van der Waals surface area contributed by atoms with Gasteiger partial charge in [0, 0.05) is 28.4 Å². The van der Waals surface area contributed by atoms with Gasteiger partial charge in [0.15, 0.2) is 15.7 Å². The second-order valence-electron chi connectivity index (χ2n) is 6.10. The predicted molar refractivity (Wildman–Crippen MR) is 112 cm³/mol. The molecule has 0 radical (unpaired) electrons. The molecule has 1 aromatic heterocycles. The monoisotopic (exact) mass is 451 g/mol. The molecule has 0 aliphatic carbocycles. The maximum Gasteiger partial charge on any atom is 0.227 e. The van der Waals surface area contributed by atoms with Gasteiger partial charge in [0.1, 0.15) is 5.75 Å². The van der Waals surface area contributed by atoms with Gasteiger partial charge in [0.25, 0.3) is 0 Å². The van der Waals surface area contributed by atoms with Gasteiger partial charge < -0.3 is 9.84 Å². The average molecular weight is 452 g/mol. The summed E-state index contributed by atoms with van der Waals surface area (Å²) in [7, 11) is -3.62. The van der Waals surface area contributed by atoms with Crippen LogP contribution in [0.15, 0.2) is 62.8 Å². The fourth-order valence-corrected chi connectivity index (χ4v) is 4.25. The molecule has 0 atom stereocenters. The predicted octanol–water partition coefficient (Wildman–Crippen LogP) is 3.99. The largest absolute Gasteiger partial charge is 0.339 e. The van der Waals surface area contributed by atoms with Gasteiger partial charge in [0.05, 0.1) is 4.90 Å². The molecule has 0 fully saturated rings. The molecule has 10 heteroatoms. The first kappa shape index (κ1) is 21.4. The molecule has 29 heavy (non-hydrogen) atoms. The Morgan fingerprint density at radius 1 is 1.21 bits per heavy atom. The molecule has 1 amide bonds. The molecule has 7 nitrogen and oxygen atoms in total. The lowest BCUT2D eigenvalue weighted by Gasteiger charge is -2.05. The molecule has 0 bridgehead atoms. The zero-order chi connectivity index (χ0) is 20.9. The van der Waals surface area contributed by atoms with Crippen molar-refractivity contribution in [2.75, 3.05) is 11.6 Å². The van der Waals surface area contributed by atoms with Gasteiger partial charge in [-0.05, 0) is 48.7 Å². The molecule has 152 valence electrons. The van der Waals surface area contributed by atoms with Crippen LogP contribution >= 0.6 is 23.4 Å². The molecule has 0 saturated heterocycles. The number of sulfone groups is 1. The van der Waals surface area contributed by atoms with E-state index in [4.69, 9.17) is 16.1 Å². The van der Waals surface area contributed by atoms with Gasteiger partial charge in [-0.3, -0.25) is 4.79 Å². The van der Waals surface area contributed by atoms with E-state index in [1.807, 2.05) is 30.5 Å². The fraction of sp³-hybridized carbons (Fsp3) is 0.211. The topological polar surface area (TPSA) is 102 Å². The highest BCUT2D eigenvalue weighted by Crippen LogP contribution is 2.20. The van der Waals surface area contributed by atoms with E-state index in [0.717, 1.165) is 4.90 Å². The fourth-order valence-electron chi connectivity index (χ4n) is 2.49. The number of nitrogens with one attached hydrogen (secondary N) is 1. The Hall–Kier alpha value is -2.36. The number of amides is 1. The molecule has 0 aliphatic rings. The van der Waals surface area contributed by atoms with E-state index in [1.165, 1.54) is 24.3 Å². The Kier molecular flexibility index (Phi) is 6.94. The molecule has 3 aromatic rings. The van der Waals surface area contributed by atoms with Crippen LogP contribution in [0.2, 0.25) is 5.02 Å². The minimum absolute atomic E-state index is 0.0445. The quantitative estimate of drug-likeness (QED) is 0.516. The van der Waals surface area contributed by atoms with Gasteiger partial charge in [-0.2, -0.15) is 4.98 Å². The summed E-state index contributed by atoms with van der Waals surface area (Å²) in [6.45, 7) is 0. The summed E-state index contributed by atoms with van der Waals surface area (Å²) in [6, 6.07) is 13.4. The summed E-state index contributed by atoms with van der Waals surface area (Å²) in [6.07, 6.45) is 2.30. The first-order valence-corrected chi connectivity index (χ1v) is 11.8. The molecule has 2 aromatic carbocycles. The first-order chi connectivity index (χ1) is 13.9. The number of carbonyl (C=O) groups excluding carboxylic acids is 1. The number of thioether (sulfide) groups is 1. The second kappa shape index (κ2) is 9.43. The summed E-state index contributed by atoms with van der Waals surface area (Å²) in [5, 5.41) is 6.96. The normalized spacial score (nSPS) is 11.4. The van der Waals surface area contributed by atoms with Crippen LogP contribution in [-0.2, 0) is 26.8 Å². The highest BCUT2D eigenvalue weighted by molar-refractivity contribution is 7.98. The van der Waals surface area contributed by atoms with E-state index in [1.54, 1.807) is 11.8 Å². The van der Waals surface area contributed by atoms with E-state index < -0.39 is 15.6 Å². The van der Waals surface area contributed by atoms with E-state index in [9.17, 15) is 13.2 Å². The smallest absolute Gasteiger partial charge is 0.227 e. The van der Waals surface area contributed by atoms with Crippen molar-refractivity contribution < 1.29 is 17.7 Å². The van der Waals surface area contributed by atoms with Crippen molar-refractivity contribution >= 4 is 44.8 Å². The summed E-state index contributed by atoms with van der Waals surface area (Å²) in [4.78, 5) is 17.4. The third kappa shape index (κ3) is 6.06. The zero-order valence-corrected chi connectivity index (χ0v) is 17.9. The Balaban J connectivity index is 1.56. The van der Waals surface area contributed by atoms with Gasteiger partial charge in [-0.1, -0.05) is 22.8 Å². The molecule has 0 saturated carbocycles. The van der Waals surface area contributed by atoms with Crippen molar-refractivity contribution in [2.24, 2.45) is 0 Å². The SMILES string of the molecule is CSc1cccc(NC(=O)CCc2nc(CS(=O)(=O)c3ccc(Cl)cc3)no2)c1. The Morgan fingerprint density at radius 3 is 2.69 bits per heavy atom. The van der Waals surface area contributed by atoms with Crippen LogP contribution in [0, 0.1) is 0 Å². The summed E-state index contributed by atoms with van der Waals surface area (Å²) >= 11 is 7.37. The molecule has 1 heterocycles. The van der Waals surface area contributed by atoms with Crippen LogP contribution in [0.1, 0.15) is 18.1 Å². The third-order valence-corrected chi connectivity index (χ3v) is 6.53. The number of nitrogens with zero attached hydrogens (tertiary/aromatic N) is 2. The summed E-state index contributed by atoms with van der Waals surface area (Å²) in [5.41, 5.74) is 0.710. The highest BCUT2D eigenvalue weighted by atomic mass is 35.5. The van der Waals surface area contributed by atoms with Crippen molar-refractivity contribution in [1.82, 2.24) is 10.1 Å². The summed E-state index contributed by atoms with van der Waals surface area (Å²) in [5.74, 6) is -0.342. The number of carbonyl (C=O) groups is 1. The van der Waals surface area contributed by atoms with Gasteiger partial charge >= 0.3 is 0 Å². The van der Waals surface area contributed by atoms with Crippen molar-refractivity contribution in [3.05, 3.63) is 65.3 Å². The van der Waals surface area contributed by atoms with Crippen molar-refractivity contribution in [3.8, 4) is 0 Å². The molecular formula is C19H18ClN3O4S2. The Labute approximate surface area is 177 Å². The van der Waals surface area contributed by atoms with Gasteiger partial charge in [0.2, 0.25) is 11.8 Å². The molecule has 0 aliphatic heterocycles. The third-order valence-electron chi connectivity index (χ3n) is 3.92. The Bertz CT molecular complexity index is 1100. The maximum atomic E-state index is 12.4. The molecule has 1 N–H and O–H groups in total.